The highest BCUT2D eigenvalue weighted by Crippen LogP contribution is 2.29. The number of morpholine rings is 1. The molecule has 1 saturated heterocycles. The standard InChI is InChI=1S/C25H34N2O4/c1-19-10-11-23(26(12-14-29-3)13-15-30-4)22(16-19)25(28)27-17-20(2)31-24(18-27)21-8-6-5-7-9-21/h5-11,16,20,24H,12-15,17-18H2,1-4H3/t20-,24+/m1/s1. The molecule has 2 aromatic rings. The molecule has 1 fully saturated rings. The Morgan fingerprint density at radius 1 is 1.06 bits per heavy atom. The molecule has 0 radical (unpaired) electrons. The Kier molecular flexibility index (Phi) is 8.46. The van der Waals surface area contributed by atoms with Gasteiger partial charge in [-0.15, -0.1) is 0 Å². The number of benzene rings is 2. The summed E-state index contributed by atoms with van der Waals surface area (Å²) in [4.78, 5) is 17.8. The van der Waals surface area contributed by atoms with Gasteiger partial charge in [0.25, 0.3) is 5.91 Å². The summed E-state index contributed by atoms with van der Waals surface area (Å²) in [7, 11) is 3.38. The molecule has 0 aliphatic carbocycles. The van der Waals surface area contributed by atoms with Crippen molar-refractivity contribution in [2.24, 2.45) is 0 Å². The predicted molar refractivity (Wildman–Crippen MR) is 123 cm³/mol. The molecule has 1 amide bonds. The number of hydrogen-bond acceptors (Lipinski definition) is 5. The Bertz CT molecular complexity index is 835. The average molecular weight is 427 g/mol. The van der Waals surface area contributed by atoms with E-state index < -0.39 is 0 Å². The molecule has 31 heavy (non-hydrogen) atoms. The third-order valence-electron chi connectivity index (χ3n) is 5.57. The van der Waals surface area contributed by atoms with E-state index in [2.05, 4.69) is 17.0 Å². The molecule has 6 heteroatoms. The summed E-state index contributed by atoms with van der Waals surface area (Å²) in [5, 5.41) is 0. The van der Waals surface area contributed by atoms with Crippen LogP contribution in [0.25, 0.3) is 0 Å². The third kappa shape index (κ3) is 6.06. The van der Waals surface area contributed by atoms with Crippen LogP contribution < -0.4 is 4.90 Å². The van der Waals surface area contributed by atoms with Crippen LogP contribution >= 0.6 is 0 Å². The maximum absolute atomic E-state index is 13.7. The molecule has 1 aliphatic heterocycles. The number of nitrogens with zero attached hydrogens (tertiary/aromatic N) is 2. The van der Waals surface area contributed by atoms with E-state index in [1.54, 1.807) is 14.2 Å². The third-order valence-corrected chi connectivity index (χ3v) is 5.57. The van der Waals surface area contributed by atoms with E-state index in [1.165, 1.54) is 0 Å². The highest BCUT2D eigenvalue weighted by Gasteiger charge is 2.31. The van der Waals surface area contributed by atoms with Crippen molar-refractivity contribution in [3.63, 3.8) is 0 Å². The number of aryl methyl sites for hydroxylation is 1. The molecular formula is C25H34N2O4. The van der Waals surface area contributed by atoms with Crippen molar-refractivity contribution in [3.05, 3.63) is 65.2 Å². The first-order valence-electron chi connectivity index (χ1n) is 10.9. The largest absolute Gasteiger partial charge is 0.383 e. The molecule has 1 heterocycles. The molecule has 2 aromatic carbocycles. The fraction of sp³-hybridized carbons (Fsp3) is 0.480. The molecule has 168 valence electrons. The maximum Gasteiger partial charge on any atom is 0.256 e. The number of methoxy groups -OCH3 is 2. The van der Waals surface area contributed by atoms with Gasteiger partial charge in [0.2, 0.25) is 0 Å². The molecule has 2 atom stereocenters. The van der Waals surface area contributed by atoms with Gasteiger partial charge in [-0.1, -0.05) is 42.0 Å². The zero-order chi connectivity index (χ0) is 22.2. The van der Waals surface area contributed by atoms with E-state index in [0.717, 1.165) is 16.8 Å². The van der Waals surface area contributed by atoms with Gasteiger partial charge in [-0.3, -0.25) is 4.79 Å². The number of anilines is 1. The van der Waals surface area contributed by atoms with Gasteiger partial charge < -0.3 is 24.0 Å². The Morgan fingerprint density at radius 3 is 2.39 bits per heavy atom. The molecule has 1 aliphatic rings. The summed E-state index contributed by atoms with van der Waals surface area (Å²) in [5.74, 6) is 0.0367. The second-order valence-electron chi connectivity index (χ2n) is 8.05. The van der Waals surface area contributed by atoms with E-state index >= 15 is 0 Å². The van der Waals surface area contributed by atoms with Gasteiger partial charge in [-0.05, 0) is 31.5 Å². The van der Waals surface area contributed by atoms with Crippen molar-refractivity contribution in [1.29, 1.82) is 0 Å². The van der Waals surface area contributed by atoms with E-state index in [4.69, 9.17) is 14.2 Å². The zero-order valence-corrected chi connectivity index (χ0v) is 19.0. The molecule has 0 aromatic heterocycles. The van der Waals surface area contributed by atoms with Crippen LogP contribution in [-0.4, -0.2) is 70.5 Å². The lowest BCUT2D eigenvalue weighted by Crippen LogP contribution is -2.46. The number of carbonyl (C=O) groups is 1. The van der Waals surface area contributed by atoms with Crippen LogP contribution in [0.4, 0.5) is 5.69 Å². The minimum Gasteiger partial charge on any atom is -0.383 e. The Labute approximate surface area is 185 Å². The van der Waals surface area contributed by atoms with E-state index in [1.807, 2.05) is 55.1 Å². The van der Waals surface area contributed by atoms with Crippen LogP contribution in [0.2, 0.25) is 0 Å². The molecule has 0 spiro atoms. The number of rotatable bonds is 9. The number of carbonyl (C=O) groups excluding carboxylic acids is 1. The minimum atomic E-state index is -0.125. The Morgan fingerprint density at radius 2 is 1.74 bits per heavy atom. The van der Waals surface area contributed by atoms with Gasteiger partial charge in [-0.25, -0.2) is 0 Å². The van der Waals surface area contributed by atoms with Gasteiger partial charge in [0.15, 0.2) is 0 Å². The quantitative estimate of drug-likeness (QED) is 0.612. The van der Waals surface area contributed by atoms with E-state index in [0.29, 0.717) is 45.0 Å². The monoisotopic (exact) mass is 426 g/mol. The molecule has 0 saturated carbocycles. The summed E-state index contributed by atoms with van der Waals surface area (Å²) in [6.07, 6.45) is -0.158. The lowest BCUT2D eigenvalue weighted by Gasteiger charge is -2.38. The maximum atomic E-state index is 13.7. The van der Waals surface area contributed by atoms with Gasteiger partial charge in [-0.2, -0.15) is 0 Å². The summed E-state index contributed by atoms with van der Waals surface area (Å²) >= 11 is 0. The first kappa shape index (κ1) is 23.3. The predicted octanol–water partition coefficient (Wildman–Crippen LogP) is 3.70. The normalized spacial score (nSPS) is 18.8. The average Bonchev–Trinajstić information content (AvgIpc) is 2.79. The number of ether oxygens (including phenoxy) is 3. The highest BCUT2D eigenvalue weighted by atomic mass is 16.5. The van der Waals surface area contributed by atoms with Gasteiger partial charge in [0.05, 0.1) is 31.4 Å². The first-order chi connectivity index (χ1) is 15.0. The highest BCUT2D eigenvalue weighted by molar-refractivity contribution is 6.00. The fourth-order valence-corrected chi connectivity index (χ4v) is 3.99. The van der Waals surface area contributed by atoms with Crippen molar-refractivity contribution in [2.75, 3.05) is 58.5 Å². The molecule has 3 rings (SSSR count). The van der Waals surface area contributed by atoms with E-state index in [9.17, 15) is 4.79 Å². The van der Waals surface area contributed by atoms with Crippen LogP contribution in [0, 0.1) is 6.92 Å². The van der Waals surface area contributed by atoms with Crippen molar-refractivity contribution in [2.45, 2.75) is 26.1 Å². The number of hydrogen-bond donors (Lipinski definition) is 0. The number of amides is 1. The Balaban J connectivity index is 1.88. The van der Waals surface area contributed by atoms with Crippen LogP contribution in [0.1, 0.15) is 34.5 Å². The lowest BCUT2D eigenvalue weighted by molar-refractivity contribution is -0.0691. The van der Waals surface area contributed by atoms with Gasteiger partial charge >= 0.3 is 0 Å². The summed E-state index contributed by atoms with van der Waals surface area (Å²) < 4.78 is 16.8. The van der Waals surface area contributed by atoms with Crippen molar-refractivity contribution >= 4 is 11.6 Å². The van der Waals surface area contributed by atoms with Crippen LogP contribution in [0.3, 0.4) is 0 Å². The van der Waals surface area contributed by atoms with Crippen molar-refractivity contribution in [1.82, 2.24) is 4.90 Å². The van der Waals surface area contributed by atoms with Crippen molar-refractivity contribution < 1.29 is 19.0 Å². The molecule has 6 nitrogen and oxygen atoms in total. The van der Waals surface area contributed by atoms with E-state index in [-0.39, 0.29) is 18.1 Å². The van der Waals surface area contributed by atoms with Crippen LogP contribution in [0.5, 0.6) is 0 Å². The van der Waals surface area contributed by atoms with Gasteiger partial charge in [0, 0.05) is 39.5 Å². The molecule has 0 bridgehead atoms. The van der Waals surface area contributed by atoms with Crippen molar-refractivity contribution in [3.8, 4) is 0 Å². The minimum absolute atomic E-state index is 0.0331. The molecule has 0 N–H and O–H groups in total. The fourth-order valence-electron chi connectivity index (χ4n) is 3.99. The van der Waals surface area contributed by atoms with Crippen LogP contribution in [-0.2, 0) is 14.2 Å². The molecular weight excluding hydrogens is 392 g/mol. The summed E-state index contributed by atoms with van der Waals surface area (Å²) in [5.41, 5.74) is 3.79. The first-order valence-corrected chi connectivity index (χ1v) is 10.9. The summed E-state index contributed by atoms with van der Waals surface area (Å²) in [6.45, 7) is 7.69. The smallest absolute Gasteiger partial charge is 0.256 e. The second-order valence-corrected chi connectivity index (χ2v) is 8.05. The second kappa shape index (κ2) is 11.3. The Hall–Kier alpha value is -2.41. The lowest BCUT2D eigenvalue weighted by atomic mass is 10.0. The van der Waals surface area contributed by atoms with Crippen LogP contribution in [0.15, 0.2) is 48.5 Å². The molecule has 0 unspecified atom stereocenters. The summed E-state index contributed by atoms with van der Waals surface area (Å²) in [6, 6.07) is 16.2. The zero-order valence-electron chi connectivity index (χ0n) is 19.0. The SMILES string of the molecule is COCCN(CCOC)c1ccc(C)cc1C(=O)N1C[C@@H](C)O[C@H](c2ccccc2)C1. The van der Waals surface area contributed by atoms with Gasteiger partial charge in [0.1, 0.15) is 6.10 Å². The topological polar surface area (TPSA) is 51.2 Å².